The normalized spacial score (nSPS) is 34.1. The molecule has 2 fully saturated rings. The lowest BCUT2D eigenvalue weighted by molar-refractivity contribution is 0.0200. The van der Waals surface area contributed by atoms with Gasteiger partial charge in [-0.25, -0.2) is 4.99 Å². The summed E-state index contributed by atoms with van der Waals surface area (Å²) in [5, 5.41) is 19.1. The molecule has 1 spiro atoms. The molecule has 7 heteroatoms. The van der Waals surface area contributed by atoms with E-state index >= 15 is 0 Å². The molecule has 2 aliphatic heterocycles. The average Bonchev–Trinajstić information content (AvgIpc) is 3.01. The highest BCUT2D eigenvalue weighted by Gasteiger charge is 2.93. The van der Waals surface area contributed by atoms with Gasteiger partial charge in [0, 0.05) is 11.7 Å². The lowest BCUT2D eigenvalue weighted by atomic mass is 9.95. The second-order valence-electron chi connectivity index (χ2n) is 7.39. The summed E-state index contributed by atoms with van der Waals surface area (Å²) in [6.45, 7) is 0.965. The standard InChI is InChI=1S/C22H18N4O2S/c23-13-20-18(21(20,14-24)22(26-19(20)25)28-10-11-29-22)16-6-8-17(9-7-16)27-12-15-4-2-1-3-5-15/h1-9,18H,10-12H2,(H2,25,26)/t18-,20-,21-,22-/m1/s1. The van der Waals surface area contributed by atoms with Gasteiger partial charge in [-0.2, -0.15) is 10.5 Å². The summed E-state index contributed by atoms with van der Waals surface area (Å²) in [5.41, 5.74) is 5.91. The van der Waals surface area contributed by atoms with Gasteiger partial charge in [-0.3, -0.25) is 0 Å². The molecule has 2 heterocycles. The lowest BCUT2D eigenvalue weighted by Gasteiger charge is -2.26. The number of fused-ring (bicyclic) bond motifs is 2. The Morgan fingerprint density at radius 2 is 1.90 bits per heavy atom. The van der Waals surface area contributed by atoms with Crippen LogP contribution in [0.1, 0.15) is 17.0 Å². The molecule has 5 rings (SSSR count). The summed E-state index contributed by atoms with van der Waals surface area (Å²) in [7, 11) is 0. The number of aliphatic imine (C=N–C) groups is 1. The zero-order chi connectivity index (χ0) is 20.1. The Morgan fingerprint density at radius 3 is 2.52 bits per heavy atom. The lowest BCUT2D eigenvalue weighted by Crippen LogP contribution is -2.34. The van der Waals surface area contributed by atoms with Gasteiger partial charge >= 0.3 is 0 Å². The zero-order valence-electron chi connectivity index (χ0n) is 15.5. The van der Waals surface area contributed by atoms with Gasteiger partial charge < -0.3 is 15.2 Å². The van der Waals surface area contributed by atoms with E-state index in [0.29, 0.717) is 13.2 Å². The van der Waals surface area contributed by atoms with Crippen LogP contribution in [0.2, 0.25) is 0 Å². The van der Waals surface area contributed by atoms with Gasteiger partial charge in [-0.1, -0.05) is 54.2 Å². The van der Waals surface area contributed by atoms with E-state index < -0.39 is 15.9 Å². The van der Waals surface area contributed by atoms with Crippen molar-refractivity contribution in [2.45, 2.75) is 17.6 Å². The molecule has 0 aromatic heterocycles. The van der Waals surface area contributed by atoms with Crippen LogP contribution in [0.15, 0.2) is 59.6 Å². The Hall–Kier alpha value is -3.00. The van der Waals surface area contributed by atoms with Crippen LogP contribution in [0.25, 0.3) is 0 Å². The van der Waals surface area contributed by atoms with Crippen LogP contribution in [0, 0.1) is 33.5 Å². The molecule has 6 nitrogen and oxygen atoms in total. The molecule has 4 atom stereocenters. The Bertz CT molecular complexity index is 1070. The van der Waals surface area contributed by atoms with Crippen LogP contribution < -0.4 is 10.5 Å². The molecular formula is C22H18N4O2S. The smallest absolute Gasteiger partial charge is 0.230 e. The molecule has 1 saturated heterocycles. The predicted molar refractivity (Wildman–Crippen MR) is 109 cm³/mol. The number of nitrogens with two attached hydrogens (primary N) is 1. The minimum atomic E-state index is -1.15. The molecule has 1 saturated carbocycles. The Morgan fingerprint density at radius 1 is 1.14 bits per heavy atom. The zero-order valence-corrected chi connectivity index (χ0v) is 16.4. The van der Waals surface area contributed by atoms with Crippen LogP contribution in [-0.2, 0) is 11.3 Å². The molecule has 0 amide bonds. The summed E-state index contributed by atoms with van der Waals surface area (Å²) in [6, 6.07) is 22.2. The Balaban J connectivity index is 1.44. The number of amidine groups is 1. The maximum Gasteiger partial charge on any atom is 0.230 e. The highest BCUT2D eigenvalue weighted by Crippen LogP contribution is 2.84. The number of benzene rings is 2. The fraction of sp³-hybridized carbons (Fsp3) is 0.318. The Kier molecular flexibility index (Phi) is 3.89. The largest absolute Gasteiger partial charge is 0.489 e. The van der Waals surface area contributed by atoms with E-state index in [-0.39, 0.29) is 11.8 Å². The van der Waals surface area contributed by atoms with Crippen molar-refractivity contribution < 1.29 is 9.47 Å². The van der Waals surface area contributed by atoms with Gasteiger partial charge in [0.2, 0.25) is 5.06 Å². The van der Waals surface area contributed by atoms with Crippen molar-refractivity contribution in [1.82, 2.24) is 0 Å². The number of nitriles is 2. The third-order valence-corrected chi connectivity index (χ3v) is 7.36. The number of hydrogen-bond acceptors (Lipinski definition) is 7. The number of nitrogens with zero attached hydrogens (tertiary/aromatic N) is 3. The second kappa shape index (κ2) is 6.25. The monoisotopic (exact) mass is 402 g/mol. The van der Waals surface area contributed by atoms with Gasteiger partial charge in [0.05, 0.1) is 18.7 Å². The van der Waals surface area contributed by atoms with E-state index in [9.17, 15) is 10.5 Å². The molecule has 1 aliphatic carbocycles. The number of ether oxygens (including phenoxy) is 2. The highest BCUT2D eigenvalue weighted by molar-refractivity contribution is 8.00. The molecule has 144 valence electrons. The quantitative estimate of drug-likeness (QED) is 0.842. The topological polar surface area (TPSA) is 104 Å². The van der Waals surface area contributed by atoms with Crippen LogP contribution in [-0.4, -0.2) is 23.3 Å². The van der Waals surface area contributed by atoms with Crippen LogP contribution >= 0.6 is 11.8 Å². The van der Waals surface area contributed by atoms with Crippen molar-refractivity contribution in [3.63, 3.8) is 0 Å². The van der Waals surface area contributed by atoms with E-state index in [0.717, 1.165) is 22.6 Å². The first kappa shape index (κ1) is 18.1. The maximum atomic E-state index is 10.2. The fourth-order valence-electron chi connectivity index (χ4n) is 4.72. The molecule has 0 radical (unpaired) electrons. The van der Waals surface area contributed by atoms with Gasteiger partial charge in [0.1, 0.15) is 23.6 Å². The van der Waals surface area contributed by atoms with Crippen molar-refractivity contribution in [3.8, 4) is 17.9 Å². The first-order valence-corrected chi connectivity index (χ1v) is 10.3. The SMILES string of the molecule is N#C[C@@]12[C@H](c3ccc(OCc4ccccc4)cc3)[C@]1(C#N)C(N)=N[C@@]21OCCS1. The maximum absolute atomic E-state index is 10.2. The van der Waals surface area contributed by atoms with E-state index in [1.54, 1.807) is 0 Å². The van der Waals surface area contributed by atoms with Crippen molar-refractivity contribution in [2.24, 2.45) is 21.6 Å². The van der Waals surface area contributed by atoms with Crippen LogP contribution in [0.4, 0.5) is 0 Å². The highest BCUT2D eigenvalue weighted by atomic mass is 32.2. The average molecular weight is 402 g/mol. The number of hydrogen-bond donors (Lipinski definition) is 1. The first-order chi connectivity index (χ1) is 14.1. The van der Waals surface area contributed by atoms with E-state index in [4.69, 9.17) is 15.2 Å². The fourth-order valence-corrected chi connectivity index (χ4v) is 6.04. The summed E-state index contributed by atoms with van der Waals surface area (Å²) in [4.78, 5) is 4.46. The minimum Gasteiger partial charge on any atom is -0.489 e. The first-order valence-electron chi connectivity index (χ1n) is 9.36. The summed E-state index contributed by atoms with van der Waals surface area (Å²) in [6.07, 6.45) is 0. The summed E-state index contributed by atoms with van der Waals surface area (Å²) < 4.78 is 11.8. The van der Waals surface area contributed by atoms with Crippen molar-refractivity contribution in [1.29, 1.82) is 10.5 Å². The molecule has 0 bridgehead atoms. The van der Waals surface area contributed by atoms with Crippen LogP contribution in [0.5, 0.6) is 5.75 Å². The molecule has 29 heavy (non-hydrogen) atoms. The van der Waals surface area contributed by atoms with Crippen molar-refractivity contribution >= 4 is 17.6 Å². The van der Waals surface area contributed by atoms with Gasteiger partial charge in [-0.15, -0.1) is 0 Å². The van der Waals surface area contributed by atoms with E-state index in [2.05, 4.69) is 17.1 Å². The molecule has 3 aliphatic rings. The molecule has 2 N–H and O–H groups in total. The third-order valence-electron chi connectivity index (χ3n) is 6.07. The van der Waals surface area contributed by atoms with E-state index in [1.807, 2.05) is 54.6 Å². The molecule has 2 aromatic carbocycles. The number of thioether (sulfide) groups is 1. The third kappa shape index (κ3) is 2.17. The van der Waals surface area contributed by atoms with Crippen LogP contribution in [0.3, 0.4) is 0 Å². The predicted octanol–water partition coefficient (Wildman–Crippen LogP) is 3.17. The summed E-state index contributed by atoms with van der Waals surface area (Å²) >= 11 is 1.46. The number of rotatable bonds is 4. The molecular weight excluding hydrogens is 384 g/mol. The summed E-state index contributed by atoms with van der Waals surface area (Å²) in [5.74, 6) is 1.27. The van der Waals surface area contributed by atoms with Gasteiger partial charge in [0.25, 0.3) is 0 Å². The second-order valence-corrected chi connectivity index (χ2v) is 8.64. The van der Waals surface area contributed by atoms with Gasteiger partial charge in [0.15, 0.2) is 5.41 Å². The minimum absolute atomic E-state index is 0.199. The Labute approximate surface area is 172 Å². The van der Waals surface area contributed by atoms with Crippen molar-refractivity contribution in [3.05, 3.63) is 65.7 Å². The van der Waals surface area contributed by atoms with Gasteiger partial charge in [-0.05, 0) is 23.3 Å². The van der Waals surface area contributed by atoms with Crippen molar-refractivity contribution in [2.75, 3.05) is 12.4 Å². The van der Waals surface area contributed by atoms with E-state index in [1.165, 1.54) is 11.8 Å². The molecule has 2 aromatic rings. The molecule has 0 unspecified atom stereocenters.